The molecule has 0 bridgehead atoms. The van der Waals surface area contributed by atoms with Crippen molar-refractivity contribution in [2.75, 3.05) is 26.4 Å². The van der Waals surface area contributed by atoms with Crippen LogP contribution >= 0.6 is 0 Å². The molecule has 0 spiro atoms. The Kier molecular flexibility index (Phi) is 8.82. The lowest BCUT2D eigenvalue weighted by atomic mass is 9.85. The van der Waals surface area contributed by atoms with Crippen LogP contribution in [-0.4, -0.2) is 54.8 Å². The van der Waals surface area contributed by atoms with Gasteiger partial charge in [0.2, 0.25) is 0 Å². The molecule has 1 N–H and O–H groups in total. The number of aromatic nitrogens is 1. The lowest BCUT2D eigenvalue weighted by Crippen LogP contribution is -2.45. The average molecular weight is 510 g/mol. The number of esters is 1. The molecule has 1 fully saturated rings. The van der Waals surface area contributed by atoms with Crippen molar-refractivity contribution >= 4 is 17.4 Å². The Balaban J connectivity index is 1.41. The monoisotopic (exact) mass is 509 g/mol. The summed E-state index contributed by atoms with van der Waals surface area (Å²) in [6.45, 7) is 10.1. The first-order valence-electron chi connectivity index (χ1n) is 13.3. The van der Waals surface area contributed by atoms with Gasteiger partial charge in [-0.3, -0.25) is 14.6 Å². The molecule has 8 heteroatoms. The summed E-state index contributed by atoms with van der Waals surface area (Å²) in [6, 6.07) is 7.60. The van der Waals surface area contributed by atoms with Crippen LogP contribution in [0.25, 0.3) is 0 Å². The van der Waals surface area contributed by atoms with E-state index in [0.717, 1.165) is 42.0 Å². The van der Waals surface area contributed by atoms with Crippen LogP contribution in [0.4, 0.5) is 5.69 Å². The van der Waals surface area contributed by atoms with E-state index in [4.69, 9.17) is 19.2 Å². The number of pyridine rings is 1. The Labute approximate surface area is 219 Å². The molecule has 200 valence electrons. The zero-order chi connectivity index (χ0) is 26.5. The molecule has 2 unspecified atom stereocenters. The maximum Gasteiger partial charge on any atom is 0.323 e. The van der Waals surface area contributed by atoms with Crippen LogP contribution in [0.3, 0.4) is 0 Å². The van der Waals surface area contributed by atoms with E-state index in [1.54, 1.807) is 11.6 Å². The molecule has 1 aromatic carbocycles. The number of aliphatic imine (C=N–C) groups is 1. The maximum atomic E-state index is 12.6. The van der Waals surface area contributed by atoms with E-state index in [1.807, 2.05) is 45.2 Å². The molecule has 1 saturated heterocycles. The first-order valence-corrected chi connectivity index (χ1v) is 13.3. The van der Waals surface area contributed by atoms with Gasteiger partial charge in [0.25, 0.3) is 5.56 Å². The molecule has 0 aliphatic carbocycles. The summed E-state index contributed by atoms with van der Waals surface area (Å²) in [5, 5.41) is 3.29. The number of aryl methyl sites for hydroxylation is 2. The van der Waals surface area contributed by atoms with Crippen molar-refractivity contribution in [3.8, 4) is 5.75 Å². The van der Waals surface area contributed by atoms with Gasteiger partial charge in [0.15, 0.2) is 0 Å². The van der Waals surface area contributed by atoms with Crippen LogP contribution < -0.4 is 15.6 Å². The summed E-state index contributed by atoms with van der Waals surface area (Å²) in [5.41, 5.74) is 4.83. The van der Waals surface area contributed by atoms with Crippen molar-refractivity contribution in [3.05, 3.63) is 57.5 Å². The van der Waals surface area contributed by atoms with Gasteiger partial charge in [-0.15, -0.1) is 0 Å². The quantitative estimate of drug-likeness (QED) is 0.388. The molecular formula is C29H39N3O5. The standard InChI is InChI=1S/C29H39N3O5/c1-6-20-14-21-7-8-23(15-25(21)31-27(20)22-13-19(4)28(33)32(5)16-22)36-12-10-30-26(18(2)3)29(34)37-24-9-11-35-17-24/h7-8,13,15-16,18,20,24,26,30H,6,9-12,14,17H2,1-5H3/t20?,24?,26-/m0/s1. The highest BCUT2D eigenvalue weighted by Gasteiger charge is 2.28. The summed E-state index contributed by atoms with van der Waals surface area (Å²) in [6.07, 6.45) is 4.35. The molecule has 0 saturated carbocycles. The molecule has 37 heavy (non-hydrogen) atoms. The van der Waals surface area contributed by atoms with Crippen LogP contribution in [0, 0.1) is 18.8 Å². The van der Waals surface area contributed by atoms with Crippen molar-refractivity contribution in [1.29, 1.82) is 0 Å². The van der Waals surface area contributed by atoms with E-state index in [0.29, 0.717) is 37.8 Å². The summed E-state index contributed by atoms with van der Waals surface area (Å²) >= 11 is 0. The fraction of sp³-hybridized carbons (Fsp3) is 0.552. The Morgan fingerprint density at radius 3 is 2.78 bits per heavy atom. The smallest absolute Gasteiger partial charge is 0.323 e. The zero-order valence-electron chi connectivity index (χ0n) is 22.6. The Hall–Kier alpha value is -2.97. The third-order valence-corrected chi connectivity index (χ3v) is 7.13. The molecule has 2 aliphatic rings. The highest BCUT2D eigenvalue weighted by molar-refractivity contribution is 6.05. The molecule has 2 aromatic rings. The number of rotatable bonds is 10. The number of nitrogens with one attached hydrogen (secondary N) is 1. The van der Waals surface area contributed by atoms with Crippen LogP contribution in [0.5, 0.6) is 5.75 Å². The number of carbonyl (C=O) groups is 1. The molecule has 1 aromatic heterocycles. The minimum atomic E-state index is -0.392. The Morgan fingerprint density at radius 1 is 1.30 bits per heavy atom. The highest BCUT2D eigenvalue weighted by Crippen LogP contribution is 2.35. The van der Waals surface area contributed by atoms with Crippen molar-refractivity contribution in [2.24, 2.45) is 23.9 Å². The van der Waals surface area contributed by atoms with Gasteiger partial charge in [0, 0.05) is 49.3 Å². The van der Waals surface area contributed by atoms with Gasteiger partial charge in [-0.1, -0.05) is 26.8 Å². The van der Waals surface area contributed by atoms with E-state index < -0.39 is 6.04 Å². The van der Waals surface area contributed by atoms with Gasteiger partial charge in [-0.25, -0.2) is 0 Å². The van der Waals surface area contributed by atoms with Crippen LogP contribution in [0.2, 0.25) is 0 Å². The summed E-state index contributed by atoms with van der Waals surface area (Å²) in [7, 11) is 1.78. The molecule has 2 aliphatic heterocycles. The largest absolute Gasteiger partial charge is 0.492 e. The van der Waals surface area contributed by atoms with Gasteiger partial charge in [0.1, 0.15) is 24.5 Å². The minimum absolute atomic E-state index is 0.0124. The molecule has 3 heterocycles. The normalized spacial score (nSPS) is 19.9. The number of hydrogen-bond acceptors (Lipinski definition) is 7. The fourth-order valence-corrected chi connectivity index (χ4v) is 4.97. The van der Waals surface area contributed by atoms with Crippen molar-refractivity contribution in [2.45, 2.75) is 59.1 Å². The molecule has 3 atom stereocenters. The first-order chi connectivity index (χ1) is 17.8. The Bertz CT molecular complexity index is 1170. The first kappa shape index (κ1) is 27.1. The van der Waals surface area contributed by atoms with E-state index in [2.05, 4.69) is 18.3 Å². The number of hydrogen-bond donors (Lipinski definition) is 1. The van der Waals surface area contributed by atoms with Gasteiger partial charge < -0.3 is 24.1 Å². The summed E-state index contributed by atoms with van der Waals surface area (Å²) in [5.74, 6) is 0.894. The third-order valence-electron chi connectivity index (χ3n) is 7.13. The minimum Gasteiger partial charge on any atom is -0.492 e. The highest BCUT2D eigenvalue weighted by atomic mass is 16.6. The second-order valence-electron chi connectivity index (χ2n) is 10.4. The summed E-state index contributed by atoms with van der Waals surface area (Å²) < 4.78 is 18.5. The van der Waals surface area contributed by atoms with E-state index in [9.17, 15) is 9.59 Å². The summed E-state index contributed by atoms with van der Waals surface area (Å²) in [4.78, 5) is 29.8. The van der Waals surface area contributed by atoms with E-state index >= 15 is 0 Å². The van der Waals surface area contributed by atoms with Crippen molar-refractivity contribution < 1.29 is 19.0 Å². The number of benzene rings is 1. The molecule has 4 rings (SSSR count). The second-order valence-corrected chi connectivity index (χ2v) is 10.4. The Morgan fingerprint density at radius 2 is 2.11 bits per heavy atom. The van der Waals surface area contributed by atoms with Gasteiger partial charge >= 0.3 is 5.97 Å². The topological polar surface area (TPSA) is 91.2 Å². The third kappa shape index (κ3) is 6.48. The fourth-order valence-electron chi connectivity index (χ4n) is 4.97. The second kappa shape index (κ2) is 12.0. The maximum absolute atomic E-state index is 12.6. The lowest BCUT2D eigenvalue weighted by Gasteiger charge is -2.25. The molecule has 8 nitrogen and oxygen atoms in total. The number of fused-ring (bicyclic) bond motifs is 1. The average Bonchev–Trinajstić information content (AvgIpc) is 3.38. The molecule has 0 amide bonds. The van der Waals surface area contributed by atoms with Gasteiger partial charge in [-0.05, 0) is 43.4 Å². The predicted molar refractivity (Wildman–Crippen MR) is 144 cm³/mol. The zero-order valence-corrected chi connectivity index (χ0v) is 22.6. The van der Waals surface area contributed by atoms with Crippen molar-refractivity contribution in [1.82, 2.24) is 9.88 Å². The van der Waals surface area contributed by atoms with Crippen LogP contribution in [-0.2, 0) is 27.7 Å². The van der Waals surface area contributed by atoms with E-state index in [-0.39, 0.29) is 23.6 Å². The number of nitrogens with zero attached hydrogens (tertiary/aromatic N) is 2. The number of ether oxygens (including phenoxy) is 3. The van der Waals surface area contributed by atoms with Gasteiger partial charge in [-0.2, -0.15) is 0 Å². The van der Waals surface area contributed by atoms with Crippen LogP contribution in [0.1, 0.15) is 50.3 Å². The predicted octanol–water partition coefficient (Wildman–Crippen LogP) is 3.72. The van der Waals surface area contributed by atoms with Crippen LogP contribution in [0.15, 0.2) is 40.2 Å². The van der Waals surface area contributed by atoms with Gasteiger partial charge in [0.05, 0.1) is 24.6 Å². The van der Waals surface area contributed by atoms with E-state index in [1.165, 1.54) is 5.56 Å². The molecule has 0 radical (unpaired) electrons. The molecular weight excluding hydrogens is 470 g/mol. The lowest BCUT2D eigenvalue weighted by molar-refractivity contribution is -0.152. The number of carbonyl (C=O) groups excluding carboxylic acids is 1. The van der Waals surface area contributed by atoms with Crippen molar-refractivity contribution in [3.63, 3.8) is 0 Å². The SMILES string of the molecule is CCC1Cc2ccc(OCCN[C@H](C(=O)OC3CCOC3)C(C)C)cc2N=C1c1cc(C)c(=O)n(C)c1.